The Morgan fingerprint density at radius 2 is 2.25 bits per heavy atom. The van der Waals surface area contributed by atoms with E-state index >= 15 is 0 Å². The van der Waals surface area contributed by atoms with Gasteiger partial charge < -0.3 is 10.0 Å². The molecule has 0 aromatic carbocycles. The summed E-state index contributed by atoms with van der Waals surface area (Å²) in [4.78, 5) is 13.6. The number of rotatable bonds is 4. The molecule has 1 N–H and O–H groups in total. The van der Waals surface area contributed by atoms with Crippen LogP contribution in [-0.4, -0.2) is 34.8 Å². The number of aliphatic hydroxyl groups excluding tert-OH is 1. The third-order valence-corrected chi connectivity index (χ3v) is 5.67. The molecule has 0 unspecified atom stereocenters. The van der Waals surface area contributed by atoms with E-state index in [-0.39, 0.29) is 6.10 Å². The Kier molecular flexibility index (Phi) is 2.93. The summed E-state index contributed by atoms with van der Waals surface area (Å²) >= 11 is 1.82. The fourth-order valence-corrected chi connectivity index (χ4v) is 4.42. The number of nitrogens with zero attached hydrogens (tertiary/aromatic N) is 3. The van der Waals surface area contributed by atoms with Crippen LogP contribution in [0.15, 0.2) is 6.33 Å². The van der Waals surface area contributed by atoms with Gasteiger partial charge in [-0.05, 0) is 43.6 Å². The molecule has 1 fully saturated rings. The van der Waals surface area contributed by atoms with E-state index in [0.717, 1.165) is 17.1 Å². The predicted molar refractivity (Wildman–Crippen MR) is 81.4 cm³/mol. The van der Waals surface area contributed by atoms with Gasteiger partial charge in [0, 0.05) is 18.5 Å². The van der Waals surface area contributed by atoms with Crippen molar-refractivity contribution < 1.29 is 5.11 Å². The van der Waals surface area contributed by atoms with Crippen LogP contribution in [0.1, 0.15) is 29.7 Å². The lowest BCUT2D eigenvalue weighted by Crippen LogP contribution is -2.31. The molecule has 0 spiro atoms. The molecule has 0 radical (unpaired) electrons. The monoisotopic (exact) mass is 289 g/mol. The summed E-state index contributed by atoms with van der Waals surface area (Å²) in [5.41, 5.74) is 1.45. The first-order valence-electron chi connectivity index (χ1n) is 7.38. The molecule has 2 aliphatic carbocycles. The highest BCUT2D eigenvalue weighted by molar-refractivity contribution is 7.19. The normalized spacial score (nSPS) is 19.3. The minimum Gasteiger partial charge on any atom is -0.391 e. The Hall–Kier alpha value is -1.20. The predicted octanol–water partition coefficient (Wildman–Crippen LogP) is 2.39. The molecule has 1 saturated carbocycles. The summed E-state index contributed by atoms with van der Waals surface area (Å²) in [5, 5.41) is 11.4. The number of fused-ring (bicyclic) bond motifs is 3. The zero-order valence-electron chi connectivity index (χ0n) is 11.7. The number of hydrogen-bond donors (Lipinski definition) is 1. The fraction of sp³-hybridized carbons (Fsp3) is 0.600. The van der Waals surface area contributed by atoms with Gasteiger partial charge in [-0.1, -0.05) is 0 Å². The molecule has 2 heterocycles. The quantitative estimate of drug-likeness (QED) is 0.939. The van der Waals surface area contributed by atoms with Gasteiger partial charge in [0.1, 0.15) is 17.0 Å². The summed E-state index contributed by atoms with van der Waals surface area (Å²) in [5.74, 6) is 1.50. The van der Waals surface area contributed by atoms with Crippen LogP contribution in [-0.2, 0) is 12.8 Å². The Balaban J connectivity index is 1.71. The highest BCUT2D eigenvalue weighted by atomic mass is 32.1. The van der Waals surface area contributed by atoms with E-state index in [1.165, 1.54) is 41.5 Å². The van der Waals surface area contributed by atoms with Crippen molar-refractivity contribution in [2.24, 2.45) is 5.92 Å². The van der Waals surface area contributed by atoms with Crippen molar-refractivity contribution in [3.05, 3.63) is 16.8 Å². The average molecular weight is 289 g/mol. The van der Waals surface area contributed by atoms with Crippen molar-refractivity contribution in [2.45, 2.75) is 38.2 Å². The minimum atomic E-state index is -0.225. The number of aromatic nitrogens is 2. The molecule has 4 nitrogen and oxygen atoms in total. The van der Waals surface area contributed by atoms with Crippen molar-refractivity contribution in [1.29, 1.82) is 0 Å². The molecule has 2 aromatic heterocycles. The fourth-order valence-electron chi connectivity index (χ4n) is 3.20. The van der Waals surface area contributed by atoms with E-state index in [1.54, 1.807) is 6.33 Å². The number of thiophene rings is 1. The van der Waals surface area contributed by atoms with Crippen molar-refractivity contribution in [2.75, 3.05) is 18.5 Å². The molecule has 1 atom stereocenters. The molecule has 4 rings (SSSR count). The lowest BCUT2D eigenvalue weighted by molar-refractivity contribution is 0.158. The Bertz CT molecular complexity index is 650. The zero-order chi connectivity index (χ0) is 13.7. The van der Waals surface area contributed by atoms with Crippen molar-refractivity contribution in [3.63, 3.8) is 0 Å². The van der Waals surface area contributed by atoms with Gasteiger partial charge in [0.25, 0.3) is 0 Å². The first-order chi connectivity index (χ1) is 9.74. The van der Waals surface area contributed by atoms with Gasteiger partial charge in [-0.3, -0.25) is 0 Å². The van der Waals surface area contributed by atoms with Gasteiger partial charge in [-0.2, -0.15) is 0 Å². The molecule has 0 amide bonds. The third kappa shape index (κ3) is 2.00. The van der Waals surface area contributed by atoms with Gasteiger partial charge in [0.15, 0.2) is 0 Å². The third-order valence-electron chi connectivity index (χ3n) is 4.47. The summed E-state index contributed by atoms with van der Waals surface area (Å²) in [6, 6.07) is 0. The standard InChI is InChI=1S/C15H19N3OS/c1-18(7-11(19)9-5-6-9)14-13-10-3-2-4-12(10)20-15(13)17-8-16-14/h8-9,11,19H,2-7H2,1H3/t11-/m0/s1. The summed E-state index contributed by atoms with van der Waals surface area (Å²) in [7, 11) is 2.03. The maximum absolute atomic E-state index is 10.2. The SMILES string of the molecule is CN(C[C@H](O)C1CC1)c1ncnc2sc3c(c12)CCC3. The van der Waals surface area contributed by atoms with Crippen LogP contribution >= 0.6 is 11.3 Å². The summed E-state index contributed by atoms with van der Waals surface area (Å²) in [6.07, 6.45) is 7.35. The van der Waals surface area contributed by atoms with Crippen molar-refractivity contribution in [1.82, 2.24) is 9.97 Å². The van der Waals surface area contributed by atoms with Gasteiger partial charge in [0.05, 0.1) is 11.5 Å². The van der Waals surface area contributed by atoms with Gasteiger partial charge in [-0.15, -0.1) is 11.3 Å². The molecular formula is C15H19N3OS. The largest absolute Gasteiger partial charge is 0.391 e. The molecule has 0 aliphatic heterocycles. The van der Waals surface area contributed by atoms with Crippen LogP contribution in [0.25, 0.3) is 10.2 Å². The molecule has 20 heavy (non-hydrogen) atoms. The lowest BCUT2D eigenvalue weighted by atomic mass is 10.1. The number of aryl methyl sites for hydroxylation is 2. The second kappa shape index (κ2) is 4.67. The van der Waals surface area contributed by atoms with Crippen LogP contribution in [0.5, 0.6) is 0 Å². The maximum atomic E-state index is 10.2. The van der Waals surface area contributed by atoms with Crippen molar-refractivity contribution in [3.8, 4) is 0 Å². The van der Waals surface area contributed by atoms with Crippen LogP contribution < -0.4 is 4.90 Å². The second-order valence-electron chi connectivity index (χ2n) is 6.02. The Labute approximate surface area is 122 Å². The maximum Gasteiger partial charge on any atom is 0.140 e. The van der Waals surface area contributed by atoms with Gasteiger partial charge in [0.2, 0.25) is 0 Å². The van der Waals surface area contributed by atoms with Crippen LogP contribution in [0, 0.1) is 5.92 Å². The van der Waals surface area contributed by atoms with E-state index < -0.39 is 0 Å². The molecule has 106 valence electrons. The Morgan fingerprint density at radius 1 is 1.40 bits per heavy atom. The minimum absolute atomic E-state index is 0.225. The van der Waals surface area contributed by atoms with E-state index in [0.29, 0.717) is 12.5 Å². The van der Waals surface area contributed by atoms with Gasteiger partial charge >= 0.3 is 0 Å². The summed E-state index contributed by atoms with van der Waals surface area (Å²) in [6.45, 7) is 0.668. The lowest BCUT2D eigenvalue weighted by Gasteiger charge is -2.22. The molecule has 2 aliphatic rings. The summed E-state index contributed by atoms with van der Waals surface area (Å²) < 4.78 is 0. The highest BCUT2D eigenvalue weighted by Gasteiger charge is 2.31. The number of anilines is 1. The van der Waals surface area contributed by atoms with Crippen LogP contribution in [0.4, 0.5) is 5.82 Å². The molecular weight excluding hydrogens is 270 g/mol. The molecule has 0 bridgehead atoms. The second-order valence-corrected chi connectivity index (χ2v) is 7.10. The number of likely N-dealkylation sites (N-methyl/N-ethyl adjacent to an activating group) is 1. The van der Waals surface area contributed by atoms with E-state index in [4.69, 9.17) is 0 Å². The average Bonchev–Trinajstić information content (AvgIpc) is 3.09. The van der Waals surface area contributed by atoms with Crippen LogP contribution in [0.2, 0.25) is 0 Å². The first kappa shape index (κ1) is 12.5. The molecule has 0 saturated heterocycles. The van der Waals surface area contributed by atoms with E-state index in [9.17, 15) is 5.11 Å². The number of aliphatic hydroxyl groups is 1. The number of hydrogen-bond acceptors (Lipinski definition) is 5. The highest BCUT2D eigenvalue weighted by Crippen LogP contribution is 2.40. The molecule has 2 aromatic rings. The van der Waals surface area contributed by atoms with E-state index in [1.807, 2.05) is 18.4 Å². The van der Waals surface area contributed by atoms with Gasteiger partial charge in [-0.25, -0.2) is 9.97 Å². The van der Waals surface area contributed by atoms with E-state index in [2.05, 4.69) is 14.9 Å². The zero-order valence-corrected chi connectivity index (χ0v) is 12.5. The Morgan fingerprint density at radius 3 is 3.05 bits per heavy atom. The first-order valence-corrected chi connectivity index (χ1v) is 8.20. The molecule has 5 heteroatoms. The topological polar surface area (TPSA) is 49.2 Å². The van der Waals surface area contributed by atoms with Crippen LogP contribution in [0.3, 0.4) is 0 Å². The van der Waals surface area contributed by atoms with Crippen molar-refractivity contribution >= 4 is 27.4 Å². The smallest absolute Gasteiger partial charge is 0.140 e.